The van der Waals surface area contributed by atoms with Gasteiger partial charge in [-0.05, 0) is 19.8 Å². The van der Waals surface area contributed by atoms with Gasteiger partial charge in [0.1, 0.15) is 11.5 Å². The molecule has 0 unspecified atom stereocenters. The lowest BCUT2D eigenvalue weighted by atomic mass is 10.1. The number of pyridine rings is 1. The van der Waals surface area contributed by atoms with E-state index in [2.05, 4.69) is 46.4 Å². The summed E-state index contributed by atoms with van der Waals surface area (Å²) in [6.07, 6.45) is 6.21. The molecule has 0 fully saturated rings. The van der Waals surface area contributed by atoms with Crippen LogP contribution in [0.2, 0.25) is 0 Å². The highest BCUT2D eigenvalue weighted by Crippen LogP contribution is 2.43. The van der Waals surface area contributed by atoms with Crippen molar-refractivity contribution in [1.82, 2.24) is 4.98 Å². The molecule has 0 saturated heterocycles. The molecule has 0 aromatic carbocycles. The molecule has 0 spiro atoms. The first-order chi connectivity index (χ1) is 11.6. The van der Waals surface area contributed by atoms with Crippen molar-refractivity contribution in [2.45, 2.75) is 46.5 Å². The lowest BCUT2D eigenvalue weighted by molar-refractivity contribution is 0.803. The highest BCUT2D eigenvalue weighted by Gasteiger charge is 2.22. The number of hydrogen-bond acceptors (Lipinski definition) is 5. The topological polar surface area (TPSA) is 64.9 Å². The van der Waals surface area contributed by atoms with Gasteiger partial charge in [-0.2, -0.15) is 0 Å². The van der Waals surface area contributed by atoms with E-state index in [0.717, 1.165) is 73.2 Å². The standard InChI is InChI=1S/C18H30N6/c1-6-8-10-20-14(9-7-2)23-15-13(3)22-18(19-4)16-17(15)24(5)12-11-21-16/h11H,6-10,12H2,1-5H3,(H,19,22)(H,20,23). The molecule has 2 heterocycles. The first-order valence-corrected chi connectivity index (χ1v) is 8.88. The second-order valence-corrected chi connectivity index (χ2v) is 6.12. The summed E-state index contributed by atoms with van der Waals surface area (Å²) in [5, 5.41) is 6.72. The van der Waals surface area contributed by atoms with Crippen molar-refractivity contribution >= 4 is 34.9 Å². The Kier molecular flexibility index (Phi) is 6.58. The number of aromatic nitrogens is 1. The summed E-state index contributed by atoms with van der Waals surface area (Å²) in [6, 6.07) is 0. The molecule has 2 N–H and O–H groups in total. The van der Waals surface area contributed by atoms with E-state index in [9.17, 15) is 0 Å². The molecule has 6 nitrogen and oxygen atoms in total. The van der Waals surface area contributed by atoms with Crippen molar-refractivity contribution in [3.8, 4) is 0 Å². The molecule has 0 radical (unpaired) electrons. The van der Waals surface area contributed by atoms with Gasteiger partial charge in [-0.15, -0.1) is 0 Å². The predicted octanol–water partition coefficient (Wildman–Crippen LogP) is 3.99. The summed E-state index contributed by atoms with van der Waals surface area (Å²) in [5.74, 6) is 1.86. The van der Waals surface area contributed by atoms with E-state index in [1.807, 2.05) is 20.2 Å². The number of aliphatic imine (C=N–C) groups is 2. The number of nitrogens with one attached hydrogen (secondary N) is 2. The van der Waals surface area contributed by atoms with Crippen LogP contribution in [0.3, 0.4) is 0 Å². The average Bonchev–Trinajstić information content (AvgIpc) is 2.57. The summed E-state index contributed by atoms with van der Waals surface area (Å²) in [6.45, 7) is 8.07. The zero-order valence-corrected chi connectivity index (χ0v) is 15.6. The quantitative estimate of drug-likeness (QED) is 0.451. The average molecular weight is 330 g/mol. The van der Waals surface area contributed by atoms with Crippen LogP contribution < -0.4 is 15.5 Å². The second-order valence-electron chi connectivity index (χ2n) is 6.12. The highest BCUT2D eigenvalue weighted by atomic mass is 15.2. The lowest BCUT2D eigenvalue weighted by Gasteiger charge is -2.28. The van der Waals surface area contributed by atoms with Crippen LogP contribution in [0.25, 0.3) is 0 Å². The molecule has 1 aromatic rings. The van der Waals surface area contributed by atoms with Crippen LogP contribution in [-0.2, 0) is 0 Å². The molecule has 2 rings (SSSR count). The Bertz CT molecular complexity index is 620. The zero-order valence-electron chi connectivity index (χ0n) is 15.6. The molecular formula is C18H30N6. The van der Waals surface area contributed by atoms with Crippen LogP contribution >= 0.6 is 0 Å². The third kappa shape index (κ3) is 4.04. The molecule has 1 aromatic heterocycles. The Morgan fingerprint density at radius 1 is 1.33 bits per heavy atom. The van der Waals surface area contributed by atoms with Crippen molar-refractivity contribution in [2.75, 3.05) is 42.7 Å². The number of hydrogen-bond donors (Lipinski definition) is 2. The van der Waals surface area contributed by atoms with E-state index >= 15 is 0 Å². The smallest absolute Gasteiger partial charge is 0.154 e. The normalized spacial score (nSPS) is 13.9. The fourth-order valence-corrected chi connectivity index (χ4v) is 2.78. The van der Waals surface area contributed by atoms with Gasteiger partial charge in [0, 0.05) is 33.3 Å². The number of amidine groups is 1. The fourth-order valence-electron chi connectivity index (χ4n) is 2.78. The number of rotatable bonds is 7. The molecule has 1 aliphatic heterocycles. The largest absolute Gasteiger partial charge is 0.371 e. The van der Waals surface area contributed by atoms with Crippen LogP contribution in [0.5, 0.6) is 0 Å². The molecular weight excluding hydrogens is 300 g/mol. The number of aryl methyl sites for hydroxylation is 1. The van der Waals surface area contributed by atoms with E-state index in [0.29, 0.717) is 0 Å². The van der Waals surface area contributed by atoms with Gasteiger partial charge in [0.2, 0.25) is 0 Å². The number of fused-ring (bicyclic) bond motifs is 1. The lowest BCUT2D eigenvalue weighted by Crippen LogP contribution is -2.26. The van der Waals surface area contributed by atoms with E-state index in [1.54, 1.807) is 0 Å². The minimum absolute atomic E-state index is 0.796. The minimum Gasteiger partial charge on any atom is -0.371 e. The number of anilines is 3. The predicted molar refractivity (Wildman–Crippen MR) is 106 cm³/mol. The van der Waals surface area contributed by atoms with Crippen molar-refractivity contribution in [3.63, 3.8) is 0 Å². The fraction of sp³-hybridized carbons (Fsp3) is 0.611. The van der Waals surface area contributed by atoms with E-state index in [4.69, 9.17) is 4.99 Å². The van der Waals surface area contributed by atoms with E-state index < -0.39 is 0 Å². The van der Waals surface area contributed by atoms with Crippen LogP contribution in [0.4, 0.5) is 22.9 Å². The monoisotopic (exact) mass is 330 g/mol. The van der Waals surface area contributed by atoms with Crippen LogP contribution in [0.15, 0.2) is 9.98 Å². The Balaban J connectivity index is 2.42. The molecule has 6 heteroatoms. The Morgan fingerprint density at radius 2 is 2.12 bits per heavy atom. The van der Waals surface area contributed by atoms with Crippen LogP contribution in [0, 0.1) is 6.92 Å². The summed E-state index contributed by atoms with van der Waals surface area (Å²) >= 11 is 0. The molecule has 0 aliphatic carbocycles. The van der Waals surface area contributed by atoms with Gasteiger partial charge in [0.15, 0.2) is 5.82 Å². The van der Waals surface area contributed by atoms with Gasteiger partial charge in [-0.1, -0.05) is 20.3 Å². The van der Waals surface area contributed by atoms with Crippen LogP contribution in [0.1, 0.15) is 45.2 Å². The zero-order chi connectivity index (χ0) is 17.5. The minimum atomic E-state index is 0.796. The Morgan fingerprint density at radius 3 is 2.79 bits per heavy atom. The molecule has 0 amide bonds. The van der Waals surface area contributed by atoms with Crippen molar-refractivity contribution in [2.24, 2.45) is 9.98 Å². The molecule has 132 valence electrons. The van der Waals surface area contributed by atoms with Gasteiger partial charge in [0.05, 0.1) is 23.6 Å². The van der Waals surface area contributed by atoms with Gasteiger partial charge in [-0.3, -0.25) is 9.98 Å². The summed E-state index contributed by atoms with van der Waals surface area (Å²) in [4.78, 5) is 16.2. The third-order valence-corrected chi connectivity index (χ3v) is 4.09. The molecule has 0 saturated carbocycles. The maximum Gasteiger partial charge on any atom is 0.154 e. The number of nitrogens with zero attached hydrogens (tertiary/aromatic N) is 4. The molecule has 0 atom stereocenters. The van der Waals surface area contributed by atoms with Crippen LogP contribution in [-0.4, -0.2) is 44.2 Å². The van der Waals surface area contributed by atoms with Gasteiger partial charge in [0.25, 0.3) is 0 Å². The summed E-state index contributed by atoms with van der Waals surface area (Å²) in [7, 11) is 3.97. The van der Waals surface area contributed by atoms with E-state index in [1.165, 1.54) is 0 Å². The van der Waals surface area contributed by atoms with Crippen molar-refractivity contribution in [1.29, 1.82) is 0 Å². The third-order valence-electron chi connectivity index (χ3n) is 4.09. The van der Waals surface area contributed by atoms with Gasteiger partial charge < -0.3 is 15.5 Å². The summed E-state index contributed by atoms with van der Waals surface area (Å²) < 4.78 is 0. The number of unbranched alkanes of at least 4 members (excludes halogenated alkanes) is 1. The highest BCUT2D eigenvalue weighted by molar-refractivity contribution is 6.03. The molecule has 0 bridgehead atoms. The SMILES string of the molecule is CCCCN=C(CCC)Nc1c(C)nc(NC)c2c1N(C)CC=N2. The Labute approximate surface area is 145 Å². The Hall–Kier alpha value is -2.11. The first-order valence-electron chi connectivity index (χ1n) is 8.88. The van der Waals surface area contributed by atoms with Crippen molar-refractivity contribution < 1.29 is 0 Å². The van der Waals surface area contributed by atoms with Gasteiger partial charge in [-0.25, -0.2) is 4.98 Å². The molecule has 1 aliphatic rings. The second kappa shape index (κ2) is 8.66. The van der Waals surface area contributed by atoms with Gasteiger partial charge >= 0.3 is 0 Å². The molecule has 24 heavy (non-hydrogen) atoms. The van der Waals surface area contributed by atoms with Crippen molar-refractivity contribution in [3.05, 3.63) is 5.69 Å². The maximum atomic E-state index is 4.76. The first kappa shape index (κ1) is 18.2. The summed E-state index contributed by atoms with van der Waals surface area (Å²) in [5.41, 5.74) is 3.96. The van der Waals surface area contributed by atoms with E-state index in [-0.39, 0.29) is 0 Å². The maximum absolute atomic E-state index is 4.76.